The minimum Gasteiger partial charge on any atom is -0.491 e. The Hall–Kier alpha value is -1.11. The van der Waals surface area contributed by atoms with E-state index in [4.69, 9.17) is 10.5 Å². The number of ether oxygens (including phenoxy) is 1. The number of hydrogen-bond acceptors (Lipinski definition) is 4. The van der Waals surface area contributed by atoms with E-state index in [1.807, 2.05) is 20.8 Å². The summed E-state index contributed by atoms with van der Waals surface area (Å²) in [5.41, 5.74) is 6.21. The highest BCUT2D eigenvalue weighted by Gasteiger charge is 2.17. The van der Waals surface area contributed by atoms with E-state index in [-0.39, 0.29) is 23.6 Å². The zero-order valence-corrected chi connectivity index (χ0v) is 12.6. The van der Waals surface area contributed by atoms with Crippen LogP contribution < -0.4 is 15.2 Å². The summed E-state index contributed by atoms with van der Waals surface area (Å²) in [4.78, 5) is 0.224. The second-order valence-corrected chi connectivity index (χ2v) is 6.57. The Bertz CT molecular complexity index is 527. The lowest BCUT2D eigenvalue weighted by Gasteiger charge is -2.15. The molecular formula is C13H22N2O3S. The van der Waals surface area contributed by atoms with Crippen molar-refractivity contribution in [2.75, 3.05) is 6.54 Å². The van der Waals surface area contributed by atoms with Crippen LogP contribution in [0.1, 0.15) is 26.3 Å². The van der Waals surface area contributed by atoms with Crippen LogP contribution in [0.2, 0.25) is 0 Å². The maximum atomic E-state index is 12.1. The van der Waals surface area contributed by atoms with Crippen LogP contribution in [-0.4, -0.2) is 27.1 Å². The van der Waals surface area contributed by atoms with Gasteiger partial charge in [-0.25, -0.2) is 13.1 Å². The Morgan fingerprint density at radius 1 is 1.32 bits per heavy atom. The third-order valence-corrected chi connectivity index (χ3v) is 4.12. The van der Waals surface area contributed by atoms with Crippen molar-refractivity contribution in [3.05, 3.63) is 23.8 Å². The van der Waals surface area contributed by atoms with E-state index in [1.165, 1.54) is 6.07 Å². The maximum Gasteiger partial charge on any atom is 0.240 e. The fourth-order valence-electron chi connectivity index (χ4n) is 1.56. The van der Waals surface area contributed by atoms with E-state index in [0.29, 0.717) is 5.75 Å². The van der Waals surface area contributed by atoms with Gasteiger partial charge in [-0.1, -0.05) is 0 Å². The summed E-state index contributed by atoms with van der Waals surface area (Å²) in [7, 11) is -3.52. The summed E-state index contributed by atoms with van der Waals surface area (Å²) in [5, 5.41) is 0. The van der Waals surface area contributed by atoms with Crippen LogP contribution >= 0.6 is 0 Å². The van der Waals surface area contributed by atoms with Crippen molar-refractivity contribution in [1.82, 2.24) is 4.72 Å². The molecule has 0 saturated carbocycles. The molecule has 3 N–H and O–H groups in total. The van der Waals surface area contributed by atoms with Crippen molar-refractivity contribution in [2.45, 2.75) is 44.7 Å². The first-order chi connectivity index (χ1) is 8.76. The van der Waals surface area contributed by atoms with Crippen LogP contribution in [0.5, 0.6) is 5.75 Å². The number of nitrogens with two attached hydrogens (primary N) is 1. The molecule has 108 valence electrons. The van der Waals surface area contributed by atoms with Crippen molar-refractivity contribution in [3.63, 3.8) is 0 Å². The van der Waals surface area contributed by atoms with Gasteiger partial charge in [-0.05, 0) is 51.5 Å². The first-order valence-electron chi connectivity index (χ1n) is 6.26. The molecule has 0 aliphatic rings. The van der Waals surface area contributed by atoms with E-state index >= 15 is 0 Å². The monoisotopic (exact) mass is 286 g/mol. The van der Waals surface area contributed by atoms with Crippen molar-refractivity contribution in [2.24, 2.45) is 5.73 Å². The topological polar surface area (TPSA) is 81.4 Å². The summed E-state index contributed by atoms with van der Waals surface area (Å²) in [6.07, 6.45) is 0.0524. The first kappa shape index (κ1) is 15.9. The molecule has 5 nitrogen and oxygen atoms in total. The molecule has 1 aromatic carbocycles. The third kappa shape index (κ3) is 4.49. The van der Waals surface area contributed by atoms with Gasteiger partial charge in [0.2, 0.25) is 10.0 Å². The Labute approximate surface area is 115 Å². The van der Waals surface area contributed by atoms with Gasteiger partial charge in [0.25, 0.3) is 0 Å². The highest BCUT2D eigenvalue weighted by Crippen LogP contribution is 2.22. The van der Waals surface area contributed by atoms with Crippen LogP contribution in [0.3, 0.4) is 0 Å². The van der Waals surface area contributed by atoms with Crippen LogP contribution in [-0.2, 0) is 10.0 Å². The van der Waals surface area contributed by atoms with Gasteiger partial charge in [0.15, 0.2) is 0 Å². The smallest absolute Gasteiger partial charge is 0.240 e. The van der Waals surface area contributed by atoms with Crippen molar-refractivity contribution >= 4 is 10.0 Å². The molecule has 1 aromatic rings. The van der Waals surface area contributed by atoms with E-state index in [1.54, 1.807) is 19.1 Å². The summed E-state index contributed by atoms with van der Waals surface area (Å²) < 4.78 is 32.3. The highest BCUT2D eigenvalue weighted by atomic mass is 32.2. The molecule has 0 bridgehead atoms. The van der Waals surface area contributed by atoms with Crippen molar-refractivity contribution in [1.29, 1.82) is 0 Å². The summed E-state index contributed by atoms with van der Waals surface area (Å²) in [5.74, 6) is 0.695. The quantitative estimate of drug-likeness (QED) is 0.828. The minimum absolute atomic E-state index is 0.0524. The lowest BCUT2D eigenvalue weighted by molar-refractivity contribution is 0.240. The van der Waals surface area contributed by atoms with Crippen LogP contribution in [0.4, 0.5) is 0 Å². The van der Waals surface area contributed by atoms with Gasteiger partial charge in [0, 0.05) is 12.6 Å². The Morgan fingerprint density at radius 2 is 1.95 bits per heavy atom. The Kier molecular flexibility index (Phi) is 5.34. The van der Waals surface area contributed by atoms with E-state index in [9.17, 15) is 8.42 Å². The van der Waals surface area contributed by atoms with Gasteiger partial charge >= 0.3 is 0 Å². The summed E-state index contributed by atoms with van der Waals surface area (Å²) in [6, 6.07) is 4.52. The average Bonchev–Trinajstić information content (AvgIpc) is 2.30. The molecule has 6 heteroatoms. The van der Waals surface area contributed by atoms with Crippen LogP contribution in [0, 0.1) is 6.92 Å². The van der Waals surface area contributed by atoms with Gasteiger partial charge in [-0.2, -0.15) is 0 Å². The van der Waals surface area contributed by atoms with E-state index < -0.39 is 10.0 Å². The zero-order chi connectivity index (χ0) is 14.6. The molecule has 0 spiro atoms. The third-order valence-electron chi connectivity index (χ3n) is 2.53. The molecular weight excluding hydrogens is 264 g/mol. The normalized spacial score (nSPS) is 13.6. The molecule has 0 heterocycles. The highest BCUT2D eigenvalue weighted by molar-refractivity contribution is 7.89. The molecule has 0 amide bonds. The largest absolute Gasteiger partial charge is 0.491 e. The minimum atomic E-state index is -3.52. The SMILES string of the molecule is Cc1cc(S(=O)(=O)NC(C)CN)ccc1OC(C)C. The standard InChI is InChI=1S/C13H22N2O3S/c1-9(2)18-13-6-5-12(7-10(13)3)19(16,17)15-11(4)8-14/h5-7,9,11,15H,8,14H2,1-4H3. The number of aryl methyl sites for hydroxylation is 1. The lowest BCUT2D eigenvalue weighted by atomic mass is 10.2. The molecule has 1 atom stereocenters. The number of sulfonamides is 1. The Balaban J connectivity index is 3.00. The molecule has 0 aliphatic carbocycles. The summed E-state index contributed by atoms with van der Waals surface area (Å²) in [6.45, 7) is 7.65. The number of hydrogen-bond donors (Lipinski definition) is 2. The maximum absolute atomic E-state index is 12.1. The fraction of sp³-hybridized carbons (Fsp3) is 0.538. The molecule has 0 radical (unpaired) electrons. The predicted octanol–water partition coefficient (Wildman–Crippen LogP) is 1.41. The fourth-order valence-corrected chi connectivity index (χ4v) is 2.90. The Morgan fingerprint density at radius 3 is 2.42 bits per heavy atom. The van der Waals surface area contributed by atoms with Gasteiger partial charge < -0.3 is 10.5 Å². The van der Waals surface area contributed by atoms with Crippen molar-refractivity contribution in [3.8, 4) is 5.75 Å². The second kappa shape index (κ2) is 6.36. The van der Waals surface area contributed by atoms with Crippen LogP contribution in [0.25, 0.3) is 0 Å². The van der Waals surface area contributed by atoms with E-state index in [2.05, 4.69) is 4.72 Å². The molecule has 0 saturated heterocycles. The van der Waals surface area contributed by atoms with Crippen LogP contribution in [0.15, 0.2) is 23.1 Å². The van der Waals surface area contributed by atoms with Gasteiger partial charge in [0.05, 0.1) is 11.0 Å². The molecule has 1 rings (SSSR count). The second-order valence-electron chi connectivity index (χ2n) is 4.85. The number of benzene rings is 1. The number of nitrogens with one attached hydrogen (secondary N) is 1. The molecule has 0 fully saturated rings. The number of rotatable bonds is 6. The summed E-state index contributed by atoms with van der Waals surface area (Å²) >= 11 is 0. The van der Waals surface area contributed by atoms with E-state index in [0.717, 1.165) is 5.56 Å². The zero-order valence-electron chi connectivity index (χ0n) is 11.8. The van der Waals surface area contributed by atoms with Gasteiger partial charge in [-0.15, -0.1) is 0 Å². The molecule has 19 heavy (non-hydrogen) atoms. The van der Waals surface area contributed by atoms with Crippen molar-refractivity contribution < 1.29 is 13.2 Å². The molecule has 0 aliphatic heterocycles. The first-order valence-corrected chi connectivity index (χ1v) is 7.74. The average molecular weight is 286 g/mol. The predicted molar refractivity (Wildman–Crippen MR) is 75.8 cm³/mol. The molecule has 0 aromatic heterocycles. The lowest BCUT2D eigenvalue weighted by Crippen LogP contribution is -2.37. The molecule has 1 unspecified atom stereocenters. The van der Waals surface area contributed by atoms with Gasteiger partial charge in [0.1, 0.15) is 5.75 Å². The van der Waals surface area contributed by atoms with Gasteiger partial charge in [-0.3, -0.25) is 0 Å².